The number of rotatable bonds is 3. The van der Waals surface area contributed by atoms with Crippen LogP contribution < -0.4 is 0 Å². The van der Waals surface area contributed by atoms with Crippen LogP contribution in [0.4, 0.5) is 0 Å². The van der Waals surface area contributed by atoms with Crippen molar-refractivity contribution in [2.45, 2.75) is 26.2 Å². The maximum absolute atomic E-state index is 10.5. The van der Waals surface area contributed by atoms with Crippen molar-refractivity contribution >= 4 is 5.97 Å². The zero-order chi connectivity index (χ0) is 9.84. The fraction of sp³-hybridized carbons (Fsp3) is 0.545. The summed E-state index contributed by atoms with van der Waals surface area (Å²) in [6.07, 6.45) is 7.17. The molecule has 0 amide bonds. The molecule has 2 heteroatoms. The SMILES string of the molecule is C=CC1CCC(C=C(C)C(=O)O)C1. The van der Waals surface area contributed by atoms with Gasteiger partial charge in [0.15, 0.2) is 0 Å². The predicted octanol–water partition coefficient (Wildman–Crippen LogP) is 2.62. The van der Waals surface area contributed by atoms with E-state index in [9.17, 15) is 4.79 Å². The Morgan fingerprint density at radius 3 is 2.54 bits per heavy atom. The third-order valence-electron chi connectivity index (χ3n) is 2.67. The molecule has 1 aliphatic carbocycles. The number of carbonyl (C=O) groups is 1. The highest BCUT2D eigenvalue weighted by molar-refractivity contribution is 5.85. The Bertz CT molecular complexity index is 240. The molecule has 2 atom stereocenters. The monoisotopic (exact) mass is 180 g/mol. The van der Waals surface area contributed by atoms with Crippen molar-refractivity contribution in [2.75, 3.05) is 0 Å². The molecule has 0 spiro atoms. The Labute approximate surface area is 79.0 Å². The van der Waals surface area contributed by atoms with Crippen molar-refractivity contribution in [1.29, 1.82) is 0 Å². The average molecular weight is 180 g/mol. The van der Waals surface area contributed by atoms with Crippen LogP contribution in [0.5, 0.6) is 0 Å². The van der Waals surface area contributed by atoms with Gasteiger partial charge >= 0.3 is 5.97 Å². The lowest BCUT2D eigenvalue weighted by molar-refractivity contribution is -0.132. The summed E-state index contributed by atoms with van der Waals surface area (Å²) in [5, 5.41) is 8.68. The number of aliphatic carboxylic acids is 1. The van der Waals surface area contributed by atoms with E-state index in [1.165, 1.54) is 0 Å². The lowest BCUT2D eigenvalue weighted by Crippen LogP contribution is -1.99. The number of carboxylic acid groups (broad SMARTS) is 1. The summed E-state index contributed by atoms with van der Waals surface area (Å²) in [5.74, 6) is 0.226. The van der Waals surface area contributed by atoms with Gasteiger partial charge in [-0.05, 0) is 38.0 Å². The largest absolute Gasteiger partial charge is 0.478 e. The molecule has 0 radical (unpaired) electrons. The van der Waals surface area contributed by atoms with Crippen molar-refractivity contribution in [2.24, 2.45) is 11.8 Å². The van der Waals surface area contributed by atoms with Gasteiger partial charge in [0.1, 0.15) is 0 Å². The molecule has 2 unspecified atom stereocenters. The van der Waals surface area contributed by atoms with Crippen LogP contribution in [0.3, 0.4) is 0 Å². The van der Waals surface area contributed by atoms with E-state index in [0.29, 0.717) is 17.4 Å². The topological polar surface area (TPSA) is 37.3 Å². The van der Waals surface area contributed by atoms with Crippen LogP contribution in [-0.2, 0) is 4.79 Å². The van der Waals surface area contributed by atoms with Gasteiger partial charge in [-0.1, -0.05) is 12.2 Å². The van der Waals surface area contributed by atoms with Gasteiger partial charge in [0.25, 0.3) is 0 Å². The van der Waals surface area contributed by atoms with E-state index in [1.807, 2.05) is 12.2 Å². The van der Waals surface area contributed by atoms with Crippen LogP contribution in [0.2, 0.25) is 0 Å². The van der Waals surface area contributed by atoms with Crippen LogP contribution in [0.15, 0.2) is 24.3 Å². The molecule has 0 aromatic heterocycles. The highest BCUT2D eigenvalue weighted by Gasteiger charge is 2.21. The first-order valence-electron chi connectivity index (χ1n) is 4.67. The minimum absolute atomic E-state index is 0.444. The fourth-order valence-electron chi connectivity index (χ4n) is 1.84. The zero-order valence-corrected chi connectivity index (χ0v) is 7.99. The second-order valence-electron chi connectivity index (χ2n) is 3.72. The minimum atomic E-state index is -0.804. The molecular weight excluding hydrogens is 164 g/mol. The summed E-state index contributed by atoms with van der Waals surface area (Å²) in [7, 11) is 0. The normalized spacial score (nSPS) is 28.8. The smallest absolute Gasteiger partial charge is 0.330 e. The van der Waals surface area contributed by atoms with E-state index in [2.05, 4.69) is 6.58 Å². The molecule has 1 rings (SSSR count). The molecule has 1 N–H and O–H groups in total. The van der Waals surface area contributed by atoms with Crippen LogP contribution >= 0.6 is 0 Å². The van der Waals surface area contributed by atoms with Crippen molar-refractivity contribution in [3.8, 4) is 0 Å². The van der Waals surface area contributed by atoms with E-state index in [0.717, 1.165) is 19.3 Å². The Morgan fingerprint density at radius 1 is 1.46 bits per heavy atom. The van der Waals surface area contributed by atoms with E-state index in [-0.39, 0.29) is 0 Å². The Morgan fingerprint density at radius 2 is 2.08 bits per heavy atom. The lowest BCUT2D eigenvalue weighted by Gasteiger charge is -2.03. The zero-order valence-electron chi connectivity index (χ0n) is 7.99. The summed E-state index contributed by atoms with van der Waals surface area (Å²) in [6, 6.07) is 0. The van der Waals surface area contributed by atoms with Crippen LogP contribution in [-0.4, -0.2) is 11.1 Å². The van der Waals surface area contributed by atoms with Crippen molar-refractivity contribution in [3.63, 3.8) is 0 Å². The molecule has 0 heterocycles. The highest BCUT2D eigenvalue weighted by Crippen LogP contribution is 2.32. The molecule has 0 bridgehead atoms. The van der Waals surface area contributed by atoms with E-state index < -0.39 is 5.97 Å². The highest BCUT2D eigenvalue weighted by atomic mass is 16.4. The van der Waals surface area contributed by atoms with Gasteiger partial charge in [0.05, 0.1) is 0 Å². The van der Waals surface area contributed by atoms with Gasteiger partial charge in [0, 0.05) is 5.57 Å². The Balaban J connectivity index is 2.52. The predicted molar refractivity (Wildman–Crippen MR) is 52.4 cm³/mol. The van der Waals surface area contributed by atoms with Crippen molar-refractivity contribution in [1.82, 2.24) is 0 Å². The molecule has 0 aromatic carbocycles. The summed E-state index contributed by atoms with van der Waals surface area (Å²) >= 11 is 0. The fourth-order valence-corrected chi connectivity index (χ4v) is 1.84. The number of hydrogen-bond acceptors (Lipinski definition) is 1. The summed E-state index contributed by atoms with van der Waals surface area (Å²) in [5.41, 5.74) is 0.467. The van der Waals surface area contributed by atoms with E-state index in [1.54, 1.807) is 6.92 Å². The first kappa shape index (κ1) is 10.0. The molecular formula is C11H16O2. The summed E-state index contributed by atoms with van der Waals surface area (Å²) in [6.45, 7) is 5.41. The third kappa shape index (κ3) is 2.72. The van der Waals surface area contributed by atoms with Gasteiger partial charge in [-0.3, -0.25) is 0 Å². The van der Waals surface area contributed by atoms with Gasteiger partial charge in [-0.15, -0.1) is 6.58 Å². The van der Waals surface area contributed by atoms with Crippen LogP contribution in [0.25, 0.3) is 0 Å². The van der Waals surface area contributed by atoms with Gasteiger partial charge < -0.3 is 5.11 Å². The first-order valence-corrected chi connectivity index (χ1v) is 4.67. The standard InChI is InChI=1S/C11H16O2/c1-3-9-4-5-10(7-9)6-8(2)11(12)13/h3,6,9-10H,1,4-5,7H2,2H3,(H,12,13). The Hall–Kier alpha value is -1.05. The number of carboxylic acids is 1. The number of hydrogen-bond donors (Lipinski definition) is 1. The molecule has 1 saturated carbocycles. The van der Waals surface area contributed by atoms with Crippen molar-refractivity contribution < 1.29 is 9.90 Å². The average Bonchev–Trinajstić information content (AvgIpc) is 2.52. The molecule has 0 aliphatic heterocycles. The summed E-state index contributed by atoms with van der Waals surface area (Å²) in [4.78, 5) is 10.5. The van der Waals surface area contributed by atoms with Crippen molar-refractivity contribution in [3.05, 3.63) is 24.3 Å². The molecule has 1 fully saturated rings. The molecule has 72 valence electrons. The van der Waals surface area contributed by atoms with Crippen LogP contribution in [0.1, 0.15) is 26.2 Å². The van der Waals surface area contributed by atoms with Crippen LogP contribution in [0, 0.1) is 11.8 Å². The first-order chi connectivity index (χ1) is 6.13. The van der Waals surface area contributed by atoms with Gasteiger partial charge in [-0.2, -0.15) is 0 Å². The quantitative estimate of drug-likeness (QED) is 0.535. The molecule has 13 heavy (non-hydrogen) atoms. The Kier molecular flexibility index (Phi) is 3.29. The second-order valence-corrected chi connectivity index (χ2v) is 3.72. The molecule has 1 aliphatic rings. The van der Waals surface area contributed by atoms with E-state index >= 15 is 0 Å². The maximum atomic E-state index is 10.5. The molecule has 0 saturated heterocycles. The maximum Gasteiger partial charge on any atom is 0.330 e. The lowest BCUT2D eigenvalue weighted by atomic mass is 10.0. The van der Waals surface area contributed by atoms with Gasteiger partial charge in [-0.25, -0.2) is 4.79 Å². The van der Waals surface area contributed by atoms with Gasteiger partial charge in [0.2, 0.25) is 0 Å². The van der Waals surface area contributed by atoms with E-state index in [4.69, 9.17) is 5.11 Å². The summed E-state index contributed by atoms with van der Waals surface area (Å²) < 4.78 is 0. The molecule has 2 nitrogen and oxygen atoms in total. The molecule has 0 aromatic rings. The minimum Gasteiger partial charge on any atom is -0.478 e. The second kappa shape index (κ2) is 4.26. The third-order valence-corrected chi connectivity index (χ3v) is 2.67. The number of allylic oxidation sites excluding steroid dienone is 2.